The number of hydrogen-bond donors (Lipinski definition) is 0. The molecule has 0 bridgehead atoms. The van der Waals surface area contributed by atoms with Crippen LogP contribution in [0.5, 0.6) is 0 Å². The molecule has 0 fully saturated rings. The molecule has 0 aliphatic heterocycles. The standard InChI is InChI=1S/C37H43N/c1-24-30(37(8,9)10)19-20-32-33(24)34-29(17-14-18-31(34)38(32)28-15-12-11-13-16-28)25-21-26(35(2,3)4)23-27(22-25)36(5,6)7/h11-23H,1-10H3. The van der Waals surface area contributed by atoms with E-state index in [1.165, 1.54) is 60.9 Å². The fourth-order valence-corrected chi connectivity index (χ4v) is 5.88. The van der Waals surface area contributed by atoms with Crippen molar-refractivity contribution in [1.82, 2.24) is 4.57 Å². The van der Waals surface area contributed by atoms with Crippen LogP contribution in [0.3, 0.4) is 0 Å². The van der Waals surface area contributed by atoms with Crippen molar-refractivity contribution >= 4 is 21.8 Å². The average Bonchev–Trinajstić information content (AvgIpc) is 3.18. The Kier molecular flexibility index (Phi) is 6.14. The van der Waals surface area contributed by atoms with Crippen LogP contribution >= 0.6 is 0 Å². The Hall–Kier alpha value is -3.32. The molecule has 0 saturated carbocycles. The lowest BCUT2D eigenvalue weighted by molar-refractivity contribution is 0.569. The highest BCUT2D eigenvalue weighted by Crippen LogP contribution is 2.44. The highest BCUT2D eigenvalue weighted by molar-refractivity contribution is 6.17. The van der Waals surface area contributed by atoms with Crippen LogP contribution in [0, 0.1) is 6.92 Å². The molecule has 0 atom stereocenters. The third-order valence-electron chi connectivity index (χ3n) is 8.02. The van der Waals surface area contributed by atoms with Crippen molar-refractivity contribution in [3.05, 3.63) is 101 Å². The summed E-state index contributed by atoms with van der Waals surface area (Å²) < 4.78 is 2.45. The van der Waals surface area contributed by atoms with E-state index in [9.17, 15) is 0 Å². The summed E-state index contributed by atoms with van der Waals surface area (Å²) in [6.45, 7) is 23.2. The molecule has 1 nitrogen and oxygen atoms in total. The smallest absolute Gasteiger partial charge is 0.0547 e. The average molecular weight is 502 g/mol. The Morgan fingerprint density at radius 3 is 1.66 bits per heavy atom. The van der Waals surface area contributed by atoms with Gasteiger partial charge in [0.15, 0.2) is 0 Å². The quantitative estimate of drug-likeness (QED) is 0.227. The van der Waals surface area contributed by atoms with E-state index in [-0.39, 0.29) is 16.2 Å². The number of para-hydroxylation sites is 1. The van der Waals surface area contributed by atoms with Gasteiger partial charge >= 0.3 is 0 Å². The number of aromatic nitrogens is 1. The maximum atomic E-state index is 2.45. The normalized spacial score (nSPS) is 13.0. The summed E-state index contributed by atoms with van der Waals surface area (Å²) in [5, 5.41) is 2.71. The first-order chi connectivity index (χ1) is 17.7. The van der Waals surface area contributed by atoms with Gasteiger partial charge < -0.3 is 4.57 Å². The lowest BCUT2D eigenvalue weighted by Crippen LogP contribution is -2.16. The van der Waals surface area contributed by atoms with Gasteiger partial charge in [0, 0.05) is 16.5 Å². The number of fused-ring (bicyclic) bond motifs is 3. The van der Waals surface area contributed by atoms with Gasteiger partial charge in [-0.1, -0.05) is 117 Å². The third kappa shape index (κ3) is 4.47. The molecule has 5 rings (SSSR count). The molecule has 0 aliphatic rings. The maximum Gasteiger partial charge on any atom is 0.0547 e. The fraction of sp³-hybridized carbons (Fsp3) is 0.351. The van der Waals surface area contributed by atoms with Crippen LogP contribution in [0.1, 0.15) is 84.6 Å². The Morgan fingerprint density at radius 2 is 1.11 bits per heavy atom. The van der Waals surface area contributed by atoms with Gasteiger partial charge in [0.05, 0.1) is 11.0 Å². The predicted octanol–water partition coefficient (Wildman–Crippen LogP) is 10.7. The molecule has 0 aliphatic carbocycles. The molecule has 0 N–H and O–H groups in total. The third-order valence-corrected chi connectivity index (χ3v) is 8.02. The molecule has 5 aromatic rings. The summed E-state index contributed by atoms with van der Waals surface area (Å²) in [5.74, 6) is 0. The van der Waals surface area contributed by atoms with E-state index >= 15 is 0 Å². The maximum absolute atomic E-state index is 2.45. The molecular formula is C37H43N. The van der Waals surface area contributed by atoms with Crippen molar-refractivity contribution in [2.75, 3.05) is 0 Å². The van der Waals surface area contributed by atoms with E-state index in [0.717, 1.165) is 0 Å². The summed E-state index contributed by atoms with van der Waals surface area (Å²) in [6, 6.07) is 29.6. The number of nitrogens with zero attached hydrogens (tertiary/aromatic N) is 1. The van der Waals surface area contributed by atoms with Crippen molar-refractivity contribution in [1.29, 1.82) is 0 Å². The van der Waals surface area contributed by atoms with E-state index < -0.39 is 0 Å². The molecule has 1 heteroatoms. The molecule has 0 unspecified atom stereocenters. The highest BCUT2D eigenvalue weighted by atomic mass is 15.0. The lowest BCUT2D eigenvalue weighted by Gasteiger charge is -2.26. The van der Waals surface area contributed by atoms with Crippen molar-refractivity contribution in [3.8, 4) is 16.8 Å². The molecule has 0 amide bonds. The zero-order valence-corrected chi connectivity index (χ0v) is 25.0. The van der Waals surface area contributed by atoms with Gasteiger partial charge in [0.2, 0.25) is 0 Å². The van der Waals surface area contributed by atoms with E-state index in [1.807, 2.05) is 0 Å². The fourth-order valence-electron chi connectivity index (χ4n) is 5.88. The van der Waals surface area contributed by atoms with E-state index in [0.29, 0.717) is 0 Å². The van der Waals surface area contributed by atoms with Crippen LogP contribution in [0.25, 0.3) is 38.6 Å². The molecule has 0 radical (unpaired) electrons. The zero-order chi connectivity index (χ0) is 27.6. The Bertz CT molecular complexity index is 1610. The lowest BCUT2D eigenvalue weighted by atomic mass is 9.78. The molecular weight excluding hydrogens is 458 g/mol. The minimum atomic E-state index is 0.0667. The van der Waals surface area contributed by atoms with E-state index in [4.69, 9.17) is 0 Å². The van der Waals surface area contributed by atoms with E-state index in [1.54, 1.807) is 0 Å². The Labute approximate surface area is 229 Å². The first kappa shape index (κ1) is 26.3. The summed E-state index contributed by atoms with van der Waals surface area (Å²) >= 11 is 0. The van der Waals surface area contributed by atoms with Crippen molar-refractivity contribution in [2.24, 2.45) is 0 Å². The van der Waals surface area contributed by atoms with E-state index in [2.05, 4.69) is 153 Å². The van der Waals surface area contributed by atoms with Crippen molar-refractivity contribution in [2.45, 2.75) is 85.5 Å². The Morgan fingerprint density at radius 1 is 0.526 bits per heavy atom. The number of benzene rings is 4. The summed E-state index contributed by atoms with van der Waals surface area (Å²) in [7, 11) is 0. The number of hydrogen-bond acceptors (Lipinski definition) is 0. The minimum absolute atomic E-state index is 0.0667. The topological polar surface area (TPSA) is 4.93 Å². The van der Waals surface area contributed by atoms with Crippen LogP contribution in [-0.2, 0) is 16.2 Å². The summed E-state index contributed by atoms with van der Waals surface area (Å²) in [4.78, 5) is 0. The summed E-state index contributed by atoms with van der Waals surface area (Å²) in [6.07, 6.45) is 0. The second-order valence-corrected chi connectivity index (χ2v) is 14.1. The second-order valence-electron chi connectivity index (χ2n) is 14.1. The molecule has 4 aromatic carbocycles. The second kappa shape index (κ2) is 8.87. The molecule has 196 valence electrons. The van der Waals surface area contributed by atoms with Gasteiger partial charge in [0.1, 0.15) is 0 Å². The van der Waals surface area contributed by atoms with Gasteiger partial charge in [-0.15, -0.1) is 0 Å². The van der Waals surface area contributed by atoms with Gasteiger partial charge in [-0.2, -0.15) is 0 Å². The number of aryl methyl sites for hydroxylation is 1. The van der Waals surface area contributed by atoms with Crippen molar-refractivity contribution < 1.29 is 0 Å². The van der Waals surface area contributed by atoms with Gasteiger partial charge in [0.25, 0.3) is 0 Å². The molecule has 1 aromatic heterocycles. The van der Waals surface area contributed by atoms with Crippen LogP contribution in [0.15, 0.2) is 78.9 Å². The van der Waals surface area contributed by atoms with Crippen molar-refractivity contribution in [3.63, 3.8) is 0 Å². The zero-order valence-electron chi connectivity index (χ0n) is 25.0. The van der Waals surface area contributed by atoms with Gasteiger partial charge in [-0.3, -0.25) is 0 Å². The molecule has 0 saturated heterocycles. The molecule has 1 heterocycles. The first-order valence-electron chi connectivity index (χ1n) is 14.0. The van der Waals surface area contributed by atoms with Gasteiger partial charge in [-0.25, -0.2) is 0 Å². The van der Waals surface area contributed by atoms with Crippen LogP contribution in [0.2, 0.25) is 0 Å². The summed E-state index contributed by atoms with van der Waals surface area (Å²) in [5.41, 5.74) is 12.1. The molecule has 38 heavy (non-hydrogen) atoms. The highest BCUT2D eigenvalue weighted by Gasteiger charge is 2.25. The Balaban J connectivity index is 1.97. The van der Waals surface area contributed by atoms with Gasteiger partial charge in [-0.05, 0) is 80.8 Å². The predicted molar refractivity (Wildman–Crippen MR) is 167 cm³/mol. The number of rotatable bonds is 2. The van der Waals surface area contributed by atoms with Crippen LogP contribution in [-0.4, -0.2) is 4.57 Å². The van der Waals surface area contributed by atoms with Crippen LogP contribution < -0.4 is 0 Å². The first-order valence-corrected chi connectivity index (χ1v) is 14.0. The monoisotopic (exact) mass is 501 g/mol. The van der Waals surface area contributed by atoms with Crippen LogP contribution in [0.4, 0.5) is 0 Å². The SMILES string of the molecule is Cc1c(C(C)(C)C)ccc2c1c1c(-c3cc(C(C)(C)C)cc(C(C)(C)C)c3)cccc1n2-c1ccccc1. The largest absolute Gasteiger partial charge is 0.309 e. The molecule has 0 spiro atoms. The minimum Gasteiger partial charge on any atom is -0.309 e.